The van der Waals surface area contributed by atoms with E-state index < -0.39 is 5.97 Å². The summed E-state index contributed by atoms with van der Waals surface area (Å²) in [6.07, 6.45) is 0.222. The predicted octanol–water partition coefficient (Wildman–Crippen LogP) is 0.914. The molecule has 0 heterocycles. The topological polar surface area (TPSA) is 115 Å². The molecule has 0 aliphatic carbocycles. The standard InChI is InChI=1S/C6H9N3.C3H6O2/c7-4-2-1-3-5(8)6(4)9;1-2-3(4)5/h1-3H,7-9H2;2H2,1H3,(H,4,5). The molecule has 0 saturated heterocycles. The second-order valence-corrected chi connectivity index (χ2v) is 2.60. The van der Waals surface area contributed by atoms with Crippen LogP contribution < -0.4 is 17.2 Å². The summed E-state index contributed by atoms with van der Waals surface area (Å²) in [5.41, 5.74) is 17.8. The van der Waals surface area contributed by atoms with Crippen molar-refractivity contribution in [2.75, 3.05) is 17.2 Å². The van der Waals surface area contributed by atoms with Crippen molar-refractivity contribution in [1.82, 2.24) is 0 Å². The van der Waals surface area contributed by atoms with Crippen molar-refractivity contribution >= 4 is 23.0 Å². The summed E-state index contributed by atoms with van der Waals surface area (Å²) >= 11 is 0. The molecule has 0 fully saturated rings. The van der Waals surface area contributed by atoms with Gasteiger partial charge < -0.3 is 22.3 Å². The van der Waals surface area contributed by atoms with Crippen LogP contribution in [0.2, 0.25) is 0 Å². The maximum Gasteiger partial charge on any atom is 0.303 e. The van der Waals surface area contributed by atoms with Crippen molar-refractivity contribution in [3.8, 4) is 0 Å². The number of anilines is 3. The first-order valence-corrected chi connectivity index (χ1v) is 4.10. The van der Waals surface area contributed by atoms with Crippen LogP contribution in [0.15, 0.2) is 18.2 Å². The zero-order valence-corrected chi connectivity index (χ0v) is 8.03. The van der Waals surface area contributed by atoms with Gasteiger partial charge in [-0.3, -0.25) is 4.79 Å². The molecule has 1 aromatic carbocycles. The molecule has 0 aliphatic rings. The minimum Gasteiger partial charge on any atom is -0.481 e. The normalized spacial score (nSPS) is 8.64. The van der Waals surface area contributed by atoms with Crippen molar-refractivity contribution < 1.29 is 9.90 Å². The Kier molecular flexibility index (Phi) is 4.91. The SMILES string of the molecule is CCC(=O)O.Nc1cccc(N)c1N. The summed E-state index contributed by atoms with van der Waals surface area (Å²) in [4.78, 5) is 9.37. The lowest BCUT2D eigenvalue weighted by atomic mass is 10.2. The van der Waals surface area contributed by atoms with Gasteiger partial charge in [0.2, 0.25) is 0 Å². The van der Waals surface area contributed by atoms with E-state index in [1.807, 2.05) is 0 Å². The second kappa shape index (κ2) is 5.69. The molecule has 1 aromatic rings. The molecule has 0 aromatic heterocycles. The van der Waals surface area contributed by atoms with Gasteiger partial charge in [-0.15, -0.1) is 0 Å². The maximum atomic E-state index is 9.37. The fraction of sp³-hybridized carbons (Fsp3) is 0.222. The molecule has 5 nitrogen and oxygen atoms in total. The smallest absolute Gasteiger partial charge is 0.303 e. The fourth-order valence-corrected chi connectivity index (χ4v) is 0.602. The fourth-order valence-electron chi connectivity index (χ4n) is 0.602. The van der Waals surface area contributed by atoms with Gasteiger partial charge in [-0.1, -0.05) is 13.0 Å². The molecule has 0 unspecified atom stereocenters. The monoisotopic (exact) mass is 197 g/mol. The zero-order valence-electron chi connectivity index (χ0n) is 8.03. The van der Waals surface area contributed by atoms with E-state index in [2.05, 4.69) is 0 Å². The quantitative estimate of drug-likeness (QED) is 0.499. The van der Waals surface area contributed by atoms with Crippen molar-refractivity contribution in [2.45, 2.75) is 13.3 Å². The van der Waals surface area contributed by atoms with E-state index in [0.29, 0.717) is 17.1 Å². The highest BCUT2D eigenvalue weighted by Crippen LogP contribution is 2.20. The van der Waals surface area contributed by atoms with Gasteiger partial charge in [0.05, 0.1) is 17.1 Å². The van der Waals surface area contributed by atoms with Crippen LogP contribution in [-0.4, -0.2) is 11.1 Å². The van der Waals surface area contributed by atoms with Crippen LogP contribution in [0, 0.1) is 0 Å². The van der Waals surface area contributed by atoms with Crippen molar-refractivity contribution in [3.63, 3.8) is 0 Å². The molecule has 14 heavy (non-hydrogen) atoms. The average Bonchev–Trinajstić information content (AvgIpc) is 2.15. The maximum absolute atomic E-state index is 9.37. The number of rotatable bonds is 1. The second-order valence-electron chi connectivity index (χ2n) is 2.60. The third-order valence-electron chi connectivity index (χ3n) is 1.48. The van der Waals surface area contributed by atoms with Gasteiger partial charge >= 0.3 is 5.97 Å². The van der Waals surface area contributed by atoms with Crippen LogP contribution in [-0.2, 0) is 4.79 Å². The van der Waals surface area contributed by atoms with Crippen LogP contribution in [0.5, 0.6) is 0 Å². The molecular formula is C9H15N3O2. The predicted molar refractivity (Wildman–Crippen MR) is 57.6 cm³/mol. The molecular weight excluding hydrogens is 182 g/mol. The van der Waals surface area contributed by atoms with E-state index in [4.69, 9.17) is 22.3 Å². The van der Waals surface area contributed by atoms with Crippen LogP contribution in [0.4, 0.5) is 17.1 Å². The van der Waals surface area contributed by atoms with Gasteiger partial charge in [0.15, 0.2) is 0 Å². The number of carboxylic acid groups (broad SMARTS) is 1. The summed E-state index contributed by atoms with van der Waals surface area (Å²) in [5.74, 6) is -0.745. The Bertz CT molecular complexity index is 293. The third-order valence-corrected chi connectivity index (χ3v) is 1.48. The van der Waals surface area contributed by atoms with Gasteiger partial charge in [0.25, 0.3) is 0 Å². The first-order chi connectivity index (χ1) is 6.49. The summed E-state index contributed by atoms with van der Waals surface area (Å²) < 4.78 is 0. The number of aliphatic carboxylic acids is 1. The Labute approximate surface area is 82.5 Å². The van der Waals surface area contributed by atoms with Crippen LogP contribution in [0.25, 0.3) is 0 Å². The lowest BCUT2D eigenvalue weighted by Gasteiger charge is -2.00. The van der Waals surface area contributed by atoms with E-state index in [9.17, 15) is 4.79 Å². The van der Waals surface area contributed by atoms with E-state index in [1.165, 1.54) is 0 Å². The van der Waals surface area contributed by atoms with Gasteiger partial charge in [-0.2, -0.15) is 0 Å². The molecule has 5 heteroatoms. The first-order valence-electron chi connectivity index (χ1n) is 4.10. The van der Waals surface area contributed by atoms with E-state index in [-0.39, 0.29) is 6.42 Å². The van der Waals surface area contributed by atoms with Crippen LogP contribution >= 0.6 is 0 Å². The Morgan fingerprint density at radius 1 is 1.29 bits per heavy atom. The summed E-state index contributed by atoms with van der Waals surface area (Å²) in [6, 6.07) is 5.19. The Morgan fingerprint density at radius 2 is 1.64 bits per heavy atom. The molecule has 0 saturated carbocycles. The number of carboxylic acids is 1. The van der Waals surface area contributed by atoms with Gasteiger partial charge in [-0.05, 0) is 12.1 Å². The molecule has 78 valence electrons. The molecule has 0 aliphatic heterocycles. The Morgan fingerprint density at radius 3 is 1.86 bits per heavy atom. The van der Waals surface area contributed by atoms with E-state index in [1.54, 1.807) is 25.1 Å². The number of benzene rings is 1. The van der Waals surface area contributed by atoms with Gasteiger partial charge in [0.1, 0.15) is 0 Å². The van der Waals surface area contributed by atoms with Crippen LogP contribution in [0.3, 0.4) is 0 Å². The Balaban J connectivity index is 0.000000292. The minimum atomic E-state index is -0.745. The van der Waals surface area contributed by atoms with Gasteiger partial charge in [-0.25, -0.2) is 0 Å². The Hall–Kier alpha value is -1.91. The largest absolute Gasteiger partial charge is 0.481 e. The molecule has 0 radical (unpaired) electrons. The van der Waals surface area contributed by atoms with Gasteiger partial charge in [0, 0.05) is 6.42 Å². The number of carbonyl (C=O) groups is 1. The van der Waals surface area contributed by atoms with E-state index in [0.717, 1.165) is 0 Å². The molecule has 0 spiro atoms. The highest BCUT2D eigenvalue weighted by Gasteiger charge is 1.94. The highest BCUT2D eigenvalue weighted by molar-refractivity contribution is 5.76. The van der Waals surface area contributed by atoms with E-state index >= 15 is 0 Å². The lowest BCUT2D eigenvalue weighted by Crippen LogP contribution is -1.98. The number of nitrogens with two attached hydrogens (primary N) is 3. The zero-order chi connectivity index (χ0) is 11.1. The lowest BCUT2D eigenvalue weighted by molar-refractivity contribution is -0.136. The summed E-state index contributed by atoms with van der Waals surface area (Å²) in [6.45, 7) is 1.60. The molecule has 0 atom stereocenters. The summed E-state index contributed by atoms with van der Waals surface area (Å²) in [7, 11) is 0. The first kappa shape index (κ1) is 12.1. The summed E-state index contributed by atoms with van der Waals surface area (Å²) in [5, 5.41) is 7.72. The molecule has 1 rings (SSSR count). The number of hydrogen-bond donors (Lipinski definition) is 4. The van der Waals surface area contributed by atoms with Crippen molar-refractivity contribution in [1.29, 1.82) is 0 Å². The van der Waals surface area contributed by atoms with Crippen molar-refractivity contribution in [3.05, 3.63) is 18.2 Å². The molecule has 0 amide bonds. The molecule has 0 bridgehead atoms. The number of para-hydroxylation sites is 1. The highest BCUT2D eigenvalue weighted by atomic mass is 16.4. The van der Waals surface area contributed by atoms with Crippen LogP contribution in [0.1, 0.15) is 13.3 Å². The minimum absolute atomic E-state index is 0.222. The number of nitrogen functional groups attached to an aromatic ring is 3. The molecule has 7 N–H and O–H groups in total. The third kappa shape index (κ3) is 4.20. The number of hydrogen-bond acceptors (Lipinski definition) is 4. The average molecular weight is 197 g/mol. The van der Waals surface area contributed by atoms with Crippen molar-refractivity contribution in [2.24, 2.45) is 0 Å².